The molecule has 0 aromatic carbocycles. The second-order valence-electron chi connectivity index (χ2n) is 5.52. The van der Waals surface area contributed by atoms with Crippen molar-refractivity contribution in [3.05, 3.63) is 0 Å². The lowest BCUT2D eigenvalue weighted by Crippen LogP contribution is -2.58. The van der Waals surface area contributed by atoms with Gasteiger partial charge in [0.1, 0.15) is 5.78 Å². The van der Waals surface area contributed by atoms with E-state index in [1.54, 1.807) is 0 Å². The van der Waals surface area contributed by atoms with Crippen LogP contribution in [0.15, 0.2) is 0 Å². The first-order valence-corrected chi connectivity index (χ1v) is 5.78. The largest absolute Gasteiger partial charge is 0.299 e. The maximum Gasteiger partial charge on any atom is 0.139 e. The second kappa shape index (κ2) is 3.34. The number of carbonyl (C=O) groups excluding carboxylic acids is 1. The minimum absolute atomic E-state index is 0.0790. The average molecular weight is 195 g/mol. The minimum Gasteiger partial charge on any atom is -0.299 e. The van der Waals surface area contributed by atoms with Gasteiger partial charge in [0.25, 0.3) is 0 Å². The summed E-state index contributed by atoms with van der Waals surface area (Å²) in [4.78, 5) is 14.4. The summed E-state index contributed by atoms with van der Waals surface area (Å²) < 4.78 is 0. The molecule has 0 bridgehead atoms. The number of piperidine rings is 1. The first-order valence-electron chi connectivity index (χ1n) is 5.78. The number of Topliss-reactive ketones (excluding diaryl/α,β-unsaturated/α-hetero) is 1. The Morgan fingerprint density at radius 3 is 2.64 bits per heavy atom. The Morgan fingerprint density at radius 1 is 1.29 bits per heavy atom. The van der Waals surface area contributed by atoms with Crippen LogP contribution in [-0.2, 0) is 4.79 Å². The average Bonchev–Trinajstić information content (AvgIpc) is 2.14. The molecule has 2 rings (SSSR count). The van der Waals surface area contributed by atoms with Gasteiger partial charge >= 0.3 is 0 Å². The standard InChI is InChI=1S/C12H21NO/c1-12(2)8-11(14)9-6-4-5-7-10(9)13(12)3/h9-10H,4-8H2,1-3H3/t9-,10-/m1/s1. The van der Waals surface area contributed by atoms with Crippen LogP contribution in [0.5, 0.6) is 0 Å². The molecule has 0 aromatic rings. The monoisotopic (exact) mass is 195 g/mol. The fourth-order valence-corrected chi connectivity index (χ4v) is 3.08. The maximum absolute atomic E-state index is 12.0. The number of carbonyl (C=O) groups is 1. The van der Waals surface area contributed by atoms with E-state index in [0.29, 0.717) is 17.7 Å². The molecule has 2 atom stereocenters. The van der Waals surface area contributed by atoms with E-state index in [1.165, 1.54) is 19.3 Å². The molecule has 80 valence electrons. The number of hydrogen-bond donors (Lipinski definition) is 0. The molecule has 0 unspecified atom stereocenters. The zero-order chi connectivity index (χ0) is 10.3. The van der Waals surface area contributed by atoms with Crippen LogP contribution >= 0.6 is 0 Å². The van der Waals surface area contributed by atoms with Crippen molar-refractivity contribution >= 4 is 5.78 Å². The Kier molecular flexibility index (Phi) is 2.42. The van der Waals surface area contributed by atoms with E-state index in [1.807, 2.05) is 0 Å². The van der Waals surface area contributed by atoms with Gasteiger partial charge in [0.05, 0.1) is 0 Å². The molecule has 2 fully saturated rings. The van der Waals surface area contributed by atoms with E-state index >= 15 is 0 Å². The van der Waals surface area contributed by atoms with Crippen LogP contribution < -0.4 is 0 Å². The Bertz CT molecular complexity index is 247. The summed E-state index contributed by atoms with van der Waals surface area (Å²) in [7, 11) is 2.19. The molecule has 2 heteroatoms. The molecule has 0 spiro atoms. The van der Waals surface area contributed by atoms with Crippen LogP contribution in [0, 0.1) is 5.92 Å². The molecule has 1 saturated carbocycles. The van der Waals surface area contributed by atoms with Gasteiger partial charge in [-0.05, 0) is 33.7 Å². The van der Waals surface area contributed by atoms with Gasteiger partial charge in [0.2, 0.25) is 0 Å². The van der Waals surface area contributed by atoms with E-state index in [4.69, 9.17) is 0 Å². The lowest BCUT2D eigenvalue weighted by molar-refractivity contribution is -0.136. The van der Waals surface area contributed by atoms with Gasteiger partial charge in [0, 0.05) is 23.9 Å². The van der Waals surface area contributed by atoms with Gasteiger partial charge in [-0.25, -0.2) is 0 Å². The smallest absolute Gasteiger partial charge is 0.139 e. The summed E-state index contributed by atoms with van der Waals surface area (Å²) in [6.07, 6.45) is 5.64. The van der Waals surface area contributed by atoms with Crippen LogP contribution in [0.4, 0.5) is 0 Å². The summed E-state index contributed by atoms with van der Waals surface area (Å²) in [6, 6.07) is 0.528. The number of fused-ring (bicyclic) bond motifs is 1. The number of ketones is 1. The molecule has 1 saturated heterocycles. The Balaban J connectivity index is 2.22. The molecule has 14 heavy (non-hydrogen) atoms. The molecule has 0 amide bonds. The lowest BCUT2D eigenvalue weighted by atomic mass is 9.72. The van der Waals surface area contributed by atoms with Crippen LogP contribution in [0.25, 0.3) is 0 Å². The first kappa shape index (κ1) is 10.2. The molecule has 0 aromatic heterocycles. The summed E-state index contributed by atoms with van der Waals surface area (Å²) in [5, 5.41) is 0. The van der Waals surface area contributed by atoms with Crippen LogP contribution in [0.1, 0.15) is 46.0 Å². The Hall–Kier alpha value is -0.370. The fourth-order valence-electron chi connectivity index (χ4n) is 3.08. The Morgan fingerprint density at radius 2 is 1.93 bits per heavy atom. The van der Waals surface area contributed by atoms with Crippen LogP contribution in [0.2, 0.25) is 0 Å². The van der Waals surface area contributed by atoms with Gasteiger partial charge in [-0.2, -0.15) is 0 Å². The topological polar surface area (TPSA) is 20.3 Å². The minimum atomic E-state index is 0.0790. The molecule has 2 aliphatic rings. The molecular weight excluding hydrogens is 174 g/mol. The number of hydrogen-bond acceptors (Lipinski definition) is 2. The highest BCUT2D eigenvalue weighted by Crippen LogP contribution is 2.38. The third-order valence-electron chi connectivity index (χ3n) is 4.20. The summed E-state index contributed by atoms with van der Waals surface area (Å²) in [6.45, 7) is 4.38. The highest BCUT2D eigenvalue weighted by atomic mass is 16.1. The van der Waals surface area contributed by atoms with Gasteiger partial charge in [0.15, 0.2) is 0 Å². The van der Waals surface area contributed by atoms with E-state index in [0.717, 1.165) is 12.8 Å². The molecule has 2 nitrogen and oxygen atoms in total. The van der Waals surface area contributed by atoms with Crippen molar-refractivity contribution < 1.29 is 4.79 Å². The van der Waals surface area contributed by atoms with E-state index in [-0.39, 0.29) is 5.54 Å². The Labute approximate surface area is 86.7 Å². The summed E-state index contributed by atoms with van der Waals surface area (Å²) in [5.41, 5.74) is 0.0790. The normalized spacial score (nSPS) is 38.1. The van der Waals surface area contributed by atoms with Crippen molar-refractivity contribution in [3.8, 4) is 0 Å². The molecular formula is C12H21NO. The lowest BCUT2D eigenvalue weighted by Gasteiger charge is -2.50. The highest BCUT2D eigenvalue weighted by Gasteiger charge is 2.44. The second-order valence-corrected chi connectivity index (χ2v) is 5.52. The van der Waals surface area contributed by atoms with Crippen molar-refractivity contribution in [2.24, 2.45) is 5.92 Å². The summed E-state index contributed by atoms with van der Waals surface area (Å²) in [5.74, 6) is 0.861. The van der Waals surface area contributed by atoms with Crippen molar-refractivity contribution in [2.45, 2.75) is 57.5 Å². The molecule has 1 aliphatic heterocycles. The molecule has 0 N–H and O–H groups in total. The van der Waals surface area contributed by atoms with Crippen molar-refractivity contribution in [1.29, 1.82) is 0 Å². The summed E-state index contributed by atoms with van der Waals surface area (Å²) >= 11 is 0. The SMILES string of the molecule is CN1[C@@H]2CCCC[C@H]2C(=O)CC1(C)C. The maximum atomic E-state index is 12.0. The zero-order valence-corrected chi connectivity index (χ0v) is 9.55. The van der Waals surface area contributed by atoms with Crippen molar-refractivity contribution in [1.82, 2.24) is 4.90 Å². The predicted molar refractivity (Wildman–Crippen MR) is 57.2 cm³/mol. The van der Waals surface area contributed by atoms with Crippen LogP contribution in [0.3, 0.4) is 0 Å². The quantitative estimate of drug-likeness (QED) is 0.591. The van der Waals surface area contributed by atoms with Crippen molar-refractivity contribution in [2.75, 3.05) is 7.05 Å². The molecule has 0 radical (unpaired) electrons. The third-order valence-corrected chi connectivity index (χ3v) is 4.20. The zero-order valence-electron chi connectivity index (χ0n) is 9.55. The third kappa shape index (κ3) is 1.50. The number of nitrogens with zero attached hydrogens (tertiary/aromatic N) is 1. The van der Waals surface area contributed by atoms with Crippen LogP contribution in [-0.4, -0.2) is 29.3 Å². The van der Waals surface area contributed by atoms with Crippen molar-refractivity contribution in [3.63, 3.8) is 0 Å². The van der Waals surface area contributed by atoms with Gasteiger partial charge in [-0.3, -0.25) is 9.69 Å². The molecule has 1 heterocycles. The number of rotatable bonds is 0. The first-order chi connectivity index (χ1) is 6.52. The van der Waals surface area contributed by atoms with E-state index in [9.17, 15) is 4.79 Å². The predicted octanol–water partition coefficient (Wildman–Crippen LogP) is 2.23. The van der Waals surface area contributed by atoms with E-state index in [2.05, 4.69) is 25.8 Å². The molecule has 1 aliphatic carbocycles. The van der Waals surface area contributed by atoms with E-state index < -0.39 is 0 Å². The highest BCUT2D eigenvalue weighted by molar-refractivity contribution is 5.83. The fraction of sp³-hybridized carbons (Fsp3) is 0.917. The van der Waals surface area contributed by atoms with Gasteiger partial charge in [-0.15, -0.1) is 0 Å². The van der Waals surface area contributed by atoms with Gasteiger partial charge < -0.3 is 0 Å². The number of likely N-dealkylation sites (tertiary alicyclic amines) is 1. The van der Waals surface area contributed by atoms with Gasteiger partial charge in [-0.1, -0.05) is 12.8 Å².